The first-order valence-electron chi connectivity index (χ1n) is 8.52. The highest BCUT2D eigenvalue weighted by molar-refractivity contribution is 6.58. The second-order valence-electron chi connectivity index (χ2n) is 6.05. The van der Waals surface area contributed by atoms with Gasteiger partial charge in [0, 0.05) is 12.4 Å². The Balaban J connectivity index is 1.69. The molecule has 0 aliphatic heterocycles. The summed E-state index contributed by atoms with van der Waals surface area (Å²) < 4.78 is 0. The van der Waals surface area contributed by atoms with Crippen molar-refractivity contribution < 1.29 is 10.0 Å². The molecule has 0 radical (unpaired) electrons. The van der Waals surface area contributed by atoms with E-state index in [1.165, 1.54) is 0 Å². The second-order valence-corrected chi connectivity index (χ2v) is 6.05. The first kappa shape index (κ1) is 17.1. The molecule has 130 valence electrons. The Morgan fingerprint density at radius 2 is 1.30 bits per heavy atom. The Morgan fingerprint density at radius 3 is 2.00 bits per heavy atom. The Hall–Kier alpha value is -3.35. The van der Waals surface area contributed by atoms with E-state index in [-0.39, 0.29) is 0 Å². The van der Waals surface area contributed by atoms with E-state index in [9.17, 15) is 10.0 Å². The molecular formula is C21H16BN3O2. The number of rotatable bonds is 4. The van der Waals surface area contributed by atoms with E-state index in [0.717, 1.165) is 33.9 Å². The molecule has 0 aliphatic carbocycles. The molecule has 0 saturated carbocycles. The Bertz CT molecular complexity index is 1050. The van der Waals surface area contributed by atoms with Crippen LogP contribution in [0.4, 0.5) is 0 Å². The highest BCUT2D eigenvalue weighted by Gasteiger charge is 2.11. The van der Waals surface area contributed by atoms with E-state index in [1.807, 2.05) is 60.7 Å². The van der Waals surface area contributed by atoms with Crippen LogP contribution in [0.3, 0.4) is 0 Å². The topological polar surface area (TPSA) is 79.1 Å². The largest absolute Gasteiger partial charge is 0.488 e. The Kier molecular flexibility index (Phi) is 4.74. The van der Waals surface area contributed by atoms with Gasteiger partial charge in [0.2, 0.25) is 0 Å². The summed E-state index contributed by atoms with van der Waals surface area (Å²) in [6, 6.07) is 22.5. The molecule has 0 bridgehead atoms. The van der Waals surface area contributed by atoms with Crippen molar-refractivity contribution in [3.63, 3.8) is 0 Å². The van der Waals surface area contributed by atoms with Gasteiger partial charge in [-0.15, -0.1) is 0 Å². The number of aromatic nitrogens is 3. The lowest BCUT2D eigenvalue weighted by molar-refractivity contribution is 0.426. The van der Waals surface area contributed by atoms with Gasteiger partial charge in [0.1, 0.15) is 0 Å². The molecule has 0 atom stereocenters. The molecule has 0 saturated heterocycles. The van der Waals surface area contributed by atoms with E-state index >= 15 is 0 Å². The molecule has 3 aromatic heterocycles. The van der Waals surface area contributed by atoms with Gasteiger partial charge in [0.15, 0.2) is 0 Å². The van der Waals surface area contributed by atoms with E-state index in [2.05, 4.69) is 9.97 Å². The van der Waals surface area contributed by atoms with Crippen LogP contribution in [0.25, 0.3) is 33.9 Å². The van der Waals surface area contributed by atoms with Crippen molar-refractivity contribution in [2.45, 2.75) is 0 Å². The van der Waals surface area contributed by atoms with Crippen molar-refractivity contribution >= 4 is 12.6 Å². The maximum atomic E-state index is 9.23. The summed E-state index contributed by atoms with van der Waals surface area (Å²) in [7, 11) is -1.47. The van der Waals surface area contributed by atoms with Crippen molar-refractivity contribution in [2.24, 2.45) is 0 Å². The predicted molar refractivity (Wildman–Crippen MR) is 106 cm³/mol. The summed E-state index contributed by atoms with van der Waals surface area (Å²) in [4.78, 5) is 13.5. The first-order valence-corrected chi connectivity index (χ1v) is 8.52. The fourth-order valence-electron chi connectivity index (χ4n) is 2.83. The number of nitrogens with zero attached hydrogens (tertiary/aromatic N) is 3. The average Bonchev–Trinajstić information content (AvgIpc) is 2.75. The fourth-order valence-corrected chi connectivity index (χ4v) is 2.83. The van der Waals surface area contributed by atoms with Gasteiger partial charge in [-0.05, 0) is 53.0 Å². The molecule has 0 aliphatic rings. The first-order chi connectivity index (χ1) is 13.2. The van der Waals surface area contributed by atoms with Gasteiger partial charge in [0.25, 0.3) is 0 Å². The van der Waals surface area contributed by atoms with Gasteiger partial charge < -0.3 is 10.0 Å². The van der Waals surface area contributed by atoms with Crippen LogP contribution < -0.4 is 5.46 Å². The fraction of sp³-hybridized carbons (Fsp3) is 0. The molecule has 27 heavy (non-hydrogen) atoms. The summed E-state index contributed by atoms with van der Waals surface area (Å²) >= 11 is 0. The second kappa shape index (κ2) is 7.49. The lowest BCUT2D eigenvalue weighted by Gasteiger charge is -2.07. The zero-order chi connectivity index (χ0) is 18.6. The van der Waals surface area contributed by atoms with Crippen molar-refractivity contribution in [1.29, 1.82) is 0 Å². The standard InChI is InChI=1S/C21H16BN3O2/c26-22(27)17-9-7-15(8-10-17)16-11-13-24-21(14-16)20-6-3-5-19(25-20)18-4-1-2-12-23-18/h1-14,26-27H. The maximum Gasteiger partial charge on any atom is 0.488 e. The molecule has 6 heteroatoms. The van der Waals surface area contributed by atoms with Gasteiger partial charge >= 0.3 is 7.12 Å². The van der Waals surface area contributed by atoms with Gasteiger partial charge in [0.05, 0.1) is 22.8 Å². The Morgan fingerprint density at radius 1 is 0.593 bits per heavy atom. The van der Waals surface area contributed by atoms with Crippen molar-refractivity contribution in [1.82, 2.24) is 15.0 Å². The SMILES string of the molecule is OB(O)c1ccc(-c2ccnc(-c3cccc(-c4ccccn4)n3)c2)cc1. The predicted octanol–water partition coefficient (Wildman–Crippen LogP) is 2.55. The van der Waals surface area contributed by atoms with Gasteiger partial charge in [-0.1, -0.05) is 36.4 Å². The molecule has 0 spiro atoms. The molecule has 1 aromatic carbocycles. The molecule has 3 heterocycles. The quantitative estimate of drug-likeness (QED) is 0.552. The molecule has 2 N–H and O–H groups in total. The van der Waals surface area contributed by atoms with E-state index in [0.29, 0.717) is 5.46 Å². The molecule has 0 fully saturated rings. The molecule has 4 rings (SSSR count). The number of hydrogen-bond acceptors (Lipinski definition) is 5. The van der Waals surface area contributed by atoms with Crippen LogP contribution in [0.5, 0.6) is 0 Å². The van der Waals surface area contributed by atoms with Crippen LogP contribution in [0.15, 0.2) is 85.2 Å². The Labute approximate surface area is 157 Å². The highest BCUT2D eigenvalue weighted by Crippen LogP contribution is 2.24. The third-order valence-electron chi connectivity index (χ3n) is 4.24. The minimum absolute atomic E-state index is 0.456. The van der Waals surface area contributed by atoms with Crippen LogP contribution in [0.1, 0.15) is 0 Å². The summed E-state index contributed by atoms with van der Waals surface area (Å²) in [5.41, 5.74) is 5.53. The van der Waals surface area contributed by atoms with Crippen molar-refractivity contribution in [2.75, 3.05) is 0 Å². The summed E-state index contributed by atoms with van der Waals surface area (Å²) in [5, 5.41) is 18.5. The van der Waals surface area contributed by atoms with Gasteiger partial charge in [-0.25, -0.2) is 4.98 Å². The van der Waals surface area contributed by atoms with Crippen LogP contribution >= 0.6 is 0 Å². The minimum Gasteiger partial charge on any atom is -0.423 e. The van der Waals surface area contributed by atoms with Gasteiger partial charge in [-0.2, -0.15) is 0 Å². The van der Waals surface area contributed by atoms with Gasteiger partial charge in [-0.3, -0.25) is 9.97 Å². The normalized spacial score (nSPS) is 10.6. The highest BCUT2D eigenvalue weighted by atomic mass is 16.4. The molecule has 0 unspecified atom stereocenters. The molecule has 0 amide bonds. The van der Waals surface area contributed by atoms with Crippen LogP contribution in [0, 0.1) is 0 Å². The lowest BCUT2D eigenvalue weighted by atomic mass is 9.80. The van der Waals surface area contributed by atoms with E-state index in [1.54, 1.807) is 24.5 Å². The number of pyridine rings is 3. The van der Waals surface area contributed by atoms with Crippen molar-refractivity contribution in [3.05, 3.63) is 85.2 Å². The monoisotopic (exact) mass is 353 g/mol. The molecule has 4 aromatic rings. The zero-order valence-electron chi connectivity index (χ0n) is 14.4. The maximum absolute atomic E-state index is 9.23. The zero-order valence-corrected chi connectivity index (χ0v) is 14.4. The van der Waals surface area contributed by atoms with Crippen molar-refractivity contribution in [3.8, 4) is 33.9 Å². The molecule has 5 nitrogen and oxygen atoms in total. The summed E-state index contributed by atoms with van der Waals surface area (Å²) in [6.45, 7) is 0. The molecular weight excluding hydrogens is 337 g/mol. The minimum atomic E-state index is -1.47. The van der Waals surface area contributed by atoms with Crippen LogP contribution in [-0.4, -0.2) is 32.1 Å². The summed E-state index contributed by atoms with van der Waals surface area (Å²) in [5.74, 6) is 0. The van der Waals surface area contributed by atoms with Crippen LogP contribution in [-0.2, 0) is 0 Å². The number of hydrogen-bond donors (Lipinski definition) is 2. The lowest BCUT2D eigenvalue weighted by Crippen LogP contribution is -2.29. The smallest absolute Gasteiger partial charge is 0.423 e. The number of benzene rings is 1. The third-order valence-corrected chi connectivity index (χ3v) is 4.24. The average molecular weight is 353 g/mol. The van der Waals surface area contributed by atoms with E-state index in [4.69, 9.17) is 4.98 Å². The van der Waals surface area contributed by atoms with Crippen LogP contribution in [0.2, 0.25) is 0 Å². The van der Waals surface area contributed by atoms with E-state index < -0.39 is 7.12 Å². The summed E-state index contributed by atoms with van der Waals surface area (Å²) in [6.07, 6.45) is 3.49. The third kappa shape index (κ3) is 3.77.